The molecule has 1 aromatic heterocycles. The summed E-state index contributed by atoms with van der Waals surface area (Å²) in [5.41, 5.74) is 2.49. The molecule has 3 nitrogen and oxygen atoms in total. The van der Waals surface area contributed by atoms with Gasteiger partial charge in [-0.15, -0.1) is 0 Å². The predicted molar refractivity (Wildman–Crippen MR) is 80.0 cm³/mol. The molecular formula is C16H27N3. The summed E-state index contributed by atoms with van der Waals surface area (Å²) in [7, 11) is 0. The molecule has 19 heavy (non-hydrogen) atoms. The van der Waals surface area contributed by atoms with E-state index in [1.54, 1.807) is 0 Å². The molecule has 1 fully saturated rings. The highest BCUT2D eigenvalue weighted by Crippen LogP contribution is 2.12. The summed E-state index contributed by atoms with van der Waals surface area (Å²) < 4.78 is 0. The molecular weight excluding hydrogens is 234 g/mol. The fourth-order valence-electron chi connectivity index (χ4n) is 2.42. The van der Waals surface area contributed by atoms with Crippen molar-refractivity contribution >= 4 is 0 Å². The molecule has 1 saturated heterocycles. The molecule has 0 aromatic carbocycles. The molecule has 1 N–H and O–H groups in total. The van der Waals surface area contributed by atoms with Crippen molar-refractivity contribution in [3.8, 4) is 0 Å². The van der Waals surface area contributed by atoms with Gasteiger partial charge in [-0.2, -0.15) is 0 Å². The van der Waals surface area contributed by atoms with Crippen molar-refractivity contribution in [2.45, 2.75) is 58.7 Å². The highest BCUT2D eigenvalue weighted by molar-refractivity contribution is 5.11. The Morgan fingerprint density at radius 1 is 1.11 bits per heavy atom. The molecule has 0 saturated carbocycles. The average molecular weight is 261 g/mol. The summed E-state index contributed by atoms with van der Waals surface area (Å²) in [6, 6.07) is 6.39. The van der Waals surface area contributed by atoms with E-state index in [1.165, 1.54) is 38.0 Å². The SMILES string of the molecule is CC(C)(C)NCc1cccc(CN2CCCCC2)n1. The molecule has 0 unspecified atom stereocenters. The molecule has 0 bridgehead atoms. The Bertz CT molecular complexity index is 389. The Kier molecular flexibility index (Phi) is 4.94. The van der Waals surface area contributed by atoms with Crippen LogP contribution >= 0.6 is 0 Å². The van der Waals surface area contributed by atoms with E-state index in [1.807, 2.05) is 0 Å². The third kappa shape index (κ3) is 5.29. The molecule has 106 valence electrons. The molecule has 0 atom stereocenters. The van der Waals surface area contributed by atoms with Crippen LogP contribution in [0.2, 0.25) is 0 Å². The average Bonchev–Trinajstić information content (AvgIpc) is 2.37. The van der Waals surface area contributed by atoms with Crippen LogP contribution in [0.1, 0.15) is 51.4 Å². The normalized spacial score (nSPS) is 17.6. The minimum Gasteiger partial charge on any atom is -0.306 e. The van der Waals surface area contributed by atoms with Crippen LogP contribution < -0.4 is 5.32 Å². The first kappa shape index (κ1) is 14.5. The van der Waals surface area contributed by atoms with Crippen LogP contribution in [0.25, 0.3) is 0 Å². The van der Waals surface area contributed by atoms with E-state index in [0.717, 1.165) is 18.8 Å². The van der Waals surface area contributed by atoms with Crippen molar-refractivity contribution in [2.24, 2.45) is 0 Å². The number of hydrogen-bond acceptors (Lipinski definition) is 3. The predicted octanol–water partition coefficient (Wildman–Crippen LogP) is 2.96. The fourth-order valence-corrected chi connectivity index (χ4v) is 2.42. The van der Waals surface area contributed by atoms with Gasteiger partial charge in [-0.1, -0.05) is 12.5 Å². The lowest BCUT2D eigenvalue weighted by atomic mass is 10.1. The number of hydrogen-bond donors (Lipinski definition) is 1. The molecule has 2 rings (SSSR count). The lowest BCUT2D eigenvalue weighted by Gasteiger charge is -2.26. The summed E-state index contributed by atoms with van der Waals surface area (Å²) in [5, 5.41) is 3.49. The molecule has 0 amide bonds. The van der Waals surface area contributed by atoms with Gasteiger partial charge in [0, 0.05) is 18.6 Å². The number of nitrogens with zero attached hydrogens (tertiary/aromatic N) is 2. The summed E-state index contributed by atoms with van der Waals surface area (Å²) in [6.45, 7) is 10.9. The quantitative estimate of drug-likeness (QED) is 0.903. The lowest BCUT2D eigenvalue weighted by Crippen LogP contribution is -2.35. The Balaban J connectivity index is 1.90. The zero-order valence-electron chi connectivity index (χ0n) is 12.6. The number of aromatic nitrogens is 1. The van der Waals surface area contributed by atoms with Crippen LogP contribution in [0.5, 0.6) is 0 Å². The van der Waals surface area contributed by atoms with Crippen molar-refractivity contribution < 1.29 is 0 Å². The van der Waals surface area contributed by atoms with Crippen LogP contribution in [0.4, 0.5) is 0 Å². The highest BCUT2D eigenvalue weighted by atomic mass is 15.1. The number of pyridine rings is 1. The van der Waals surface area contributed by atoms with Gasteiger partial charge in [-0.05, 0) is 58.8 Å². The second-order valence-corrected chi connectivity index (χ2v) is 6.56. The van der Waals surface area contributed by atoms with Crippen LogP contribution in [0, 0.1) is 0 Å². The molecule has 1 aromatic rings. The second-order valence-electron chi connectivity index (χ2n) is 6.56. The van der Waals surface area contributed by atoms with Gasteiger partial charge >= 0.3 is 0 Å². The first-order valence-corrected chi connectivity index (χ1v) is 7.45. The van der Waals surface area contributed by atoms with Gasteiger partial charge in [0.05, 0.1) is 11.4 Å². The van der Waals surface area contributed by atoms with Crippen molar-refractivity contribution in [3.63, 3.8) is 0 Å². The van der Waals surface area contributed by atoms with Crippen molar-refractivity contribution in [1.29, 1.82) is 0 Å². The smallest absolute Gasteiger partial charge is 0.0547 e. The minimum atomic E-state index is 0.143. The maximum atomic E-state index is 4.77. The summed E-state index contributed by atoms with van der Waals surface area (Å²) in [5.74, 6) is 0. The molecule has 1 aliphatic rings. The van der Waals surface area contributed by atoms with E-state index in [9.17, 15) is 0 Å². The molecule has 2 heterocycles. The van der Waals surface area contributed by atoms with E-state index in [-0.39, 0.29) is 5.54 Å². The van der Waals surface area contributed by atoms with Crippen molar-refractivity contribution in [2.75, 3.05) is 13.1 Å². The van der Waals surface area contributed by atoms with Crippen LogP contribution in [0.3, 0.4) is 0 Å². The first-order chi connectivity index (χ1) is 9.03. The third-order valence-electron chi connectivity index (χ3n) is 3.50. The van der Waals surface area contributed by atoms with Crippen LogP contribution in [-0.4, -0.2) is 28.5 Å². The van der Waals surface area contributed by atoms with Gasteiger partial charge in [0.1, 0.15) is 0 Å². The van der Waals surface area contributed by atoms with Crippen LogP contribution in [0.15, 0.2) is 18.2 Å². The van der Waals surface area contributed by atoms with Gasteiger partial charge in [0.15, 0.2) is 0 Å². The minimum absolute atomic E-state index is 0.143. The maximum Gasteiger partial charge on any atom is 0.0547 e. The third-order valence-corrected chi connectivity index (χ3v) is 3.50. The monoisotopic (exact) mass is 261 g/mol. The van der Waals surface area contributed by atoms with Crippen molar-refractivity contribution in [1.82, 2.24) is 15.2 Å². The Labute approximate surface area is 117 Å². The van der Waals surface area contributed by atoms with Crippen LogP contribution in [-0.2, 0) is 13.1 Å². The number of nitrogens with one attached hydrogen (secondary N) is 1. The number of likely N-dealkylation sites (tertiary alicyclic amines) is 1. The van der Waals surface area contributed by atoms with Crippen molar-refractivity contribution in [3.05, 3.63) is 29.6 Å². The van der Waals surface area contributed by atoms with Gasteiger partial charge in [0.25, 0.3) is 0 Å². The summed E-state index contributed by atoms with van der Waals surface area (Å²) in [4.78, 5) is 7.29. The number of piperidine rings is 1. The van der Waals surface area contributed by atoms with E-state index < -0.39 is 0 Å². The fraction of sp³-hybridized carbons (Fsp3) is 0.688. The standard InChI is InChI=1S/C16H27N3/c1-16(2,3)17-12-14-8-7-9-15(18-14)13-19-10-5-4-6-11-19/h7-9,17H,4-6,10-13H2,1-3H3. The largest absolute Gasteiger partial charge is 0.306 e. The Morgan fingerprint density at radius 3 is 2.47 bits per heavy atom. The topological polar surface area (TPSA) is 28.2 Å². The van der Waals surface area contributed by atoms with Gasteiger partial charge in [-0.25, -0.2) is 0 Å². The van der Waals surface area contributed by atoms with Gasteiger partial charge in [-0.3, -0.25) is 9.88 Å². The van der Waals surface area contributed by atoms with E-state index >= 15 is 0 Å². The van der Waals surface area contributed by atoms with E-state index in [4.69, 9.17) is 4.98 Å². The van der Waals surface area contributed by atoms with Gasteiger partial charge in [0.2, 0.25) is 0 Å². The zero-order valence-corrected chi connectivity index (χ0v) is 12.6. The molecule has 0 radical (unpaired) electrons. The maximum absolute atomic E-state index is 4.77. The molecule has 0 aliphatic carbocycles. The first-order valence-electron chi connectivity index (χ1n) is 7.45. The van der Waals surface area contributed by atoms with E-state index in [2.05, 4.69) is 49.2 Å². The highest BCUT2D eigenvalue weighted by Gasteiger charge is 2.12. The Hall–Kier alpha value is -0.930. The van der Waals surface area contributed by atoms with Gasteiger partial charge < -0.3 is 5.32 Å². The second kappa shape index (κ2) is 6.49. The molecule has 1 aliphatic heterocycles. The summed E-state index contributed by atoms with van der Waals surface area (Å²) in [6.07, 6.45) is 4.07. The molecule has 3 heteroatoms. The Morgan fingerprint density at radius 2 is 1.79 bits per heavy atom. The lowest BCUT2D eigenvalue weighted by molar-refractivity contribution is 0.218. The zero-order chi connectivity index (χ0) is 13.7. The molecule has 0 spiro atoms. The van der Waals surface area contributed by atoms with E-state index in [0.29, 0.717) is 0 Å². The summed E-state index contributed by atoms with van der Waals surface area (Å²) >= 11 is 0. The number of rotatable bonds is 4.